The van der Waals surface area contributed by atoms with Crippen LogP contribution >= 0.6 is 0 Å². The molecule has 30 heavy (non-hydrogen) atoms. The third-order valence-corrected chi connectivity index (χ3v) is 6.13. The minimum Gasteiger partial charge on any atom is -0.392 e. The molecule has 160 valence electrons. The fourth-order valence-electron chi connectivity index (χ4n) is 4.12. The molecule has 0 aromatic carbocycles. The number of imidazole rings is 1. The van der Waals surface area contributed by atoms with E-state index in [1.165, 1.54) is 0 Å². The van der Waals surface area contributed by atoms with Crippen molar-refractivity contribution in [3.05, 3.63) is 47.8 Å². The molecule has 0 radical (unpaired) electrons. The molecule has 0 saturated carbocycles. The summed E-state index contributed by atoms with van der Waals surface area (Å²) in [5.41, 5.74) is 2.79. The van der Waals surface area contributed by atoms with Gasteiger partial charge < -0.3 is 20.8 Å². The van der Waals surface area contributed by atoms with Crippen molar-refractivity contribution in [1.29, 1.82) is 0 Å². The number of hydrogen-bond donors (Lipinski definition) is 4. The van der Waals surface area contributed by atoms with E-state index >= 15 is 0 Å². The van der Waals surface area contributed by atoms with Gasteiger partial charge in [0.1, 0.15) is 11.5 Å². The maximum Gasteiger partial charge on any atom is 0.137 e. The summed E-state index contributed by atoms with van der Waals surface area (Å²) >= 11 is 0. The highest BCUT2D eigenvalue weighted by Crippen LogP contribution is 2.31. The number of nitrogens with zero attached hydrogens (tertiary/aromatic N) is 3. The Kier molecular flexibility index (Phi) is 5.30. The number of aliphatic hydroxyl groups is 2. The number of fused-ring (bicyclic) bond motifs is 1. The summed E-state index contributed by atoms with van der Waals surface area (Å²) in [6, 6.07) is 8.05. The van der Waals surface area contributed by atoms with Crippen molar-refractivity contribution in [2.45, 2.75) is 52.4 Å². The van der Waals surface area contributed by atoms with Crippen molar-refractivity contribution < 1.29 is 10.2 Å². The van der Waals surface area contributed by atoms with Gasteiger partial charge in [0.05, 0.1) is 29.8 Å². The molecule has 1 aliphatic heterocycles. The van der Waals surface area contributed by atoms with Crippen LogP contribution in [0.2, 0.25) is 0 Å². The van der Waals surface area contributed by atoms with Crippen LogP contribution in [-0.2, 0) is 12.2 Å². The Morgan fingerprint density at radius 1 is 1.33 bits per heavy atom. The molecule has 0 spiro atoms. The summed E-state index contributed by atoms with van der Waals surface area (Å²) in [5.74, 6) is 0.832. The predicted octanol–water partition coefficient (Wildman–Crippen LogP) is 2.92. The molecular weight excluding hydrogens is 378 g/mol. The zero-order valence-corrected chi connectivity index (χ0v) is 18.1. The number of hydrogen-bond acceptors (Lipinski definition) is 6. The van der Waals surface area contributed by atoms with E-state index in [9.17, 15) is 10.2 Å². The highest BCUT2D eigenvalue weighted by atomic mass is 16.3. The number of aromatic nitrogens is 3. The predicted molar refractivity (Wildman–Crippen MR) is 118 cm³/mol. The van der Waals surface area contributed by atoms with Crippen molar-refractivity contribution in [1.82, 2.24) is 19.7 Å². The maximum absolute atomic E-state index is 10.6. The number of aliphatic hydroxyl groups excluding tert-OH is 1. The number of nitrogens with one attached hydrogen (secondary N) is 2. The monoisotopic (exact) mass is 409 g/mol. The second-order valence-corrected chi connectivity index (χ2v) is 9.35. The second kappa shape index (κ2) is 7.65. The van der Waals surface area contributed by atoms with E-state index in [4.69, 9.17) is 4.98 Å². The molecule has 1 atom stereocenters. The van der Waals surface area contributed by atoms with E-state index in [-0.39, 0.29) is 12.0 Å². The fourth-order valence-corrected chi connectivity index (χ4v) is 4.12. The van der Waals surface area contributed by atoms with Crippen LogP contribution in [-0.4, -0.2) is 43.7 Å². The molecule has 1 fully saturated rings. The van der Waals surface area contributed by atoms with Gasteiger partial charge in [-0.1, -0.05) is 19.9 Å². The summed E-state index contributed by atoms with van der Waals surface area (Å²) in [6.07, 6.45) is 4.74. The van der Waals surface area contributed by atoms with Gasteiger partial charge in [0.2, 0.25) is 0 Å². The van der Waals surface area contributed by atoms with Gasteiger partial charge in [0.25, 0.3) is 0 Å². The topological polar surface area (TPSA) is 94.7 Å². The lowest BCUT2D eigenvalue weighted by Gasteiger charge is -2.39. The van der Waals surface area contributed by atoms with E-state index in [1.807, 2.05) is 34.9 Å². The molecule has 0 amide bonds. The van der Waals surface area contributed by atoms with Gasteiger partial charge in [-0.15, -0.1) is 0 Å². The number of piperidine rings is 1. The maximum atomic E-state index is 10.6. The van der Waals surface area contributed by atoms with Crippen molar-refractivity contribution in [3.8, 4) is 11.4 Å². The second-order valence-electron chi connectivity index (χ2n) is 9.35. The quantitative estimate of drug-likeness (QED) is 0.518. The Balaban J connectivity index is 1.72. The average molecular weight is 410 g/mol. The van der Waals surface area contributed by atoms with Crippen molar-refractivity contribution >= 4 is 11.5 Å². The summed E-state index contributed by atoms with van der Waals surface area (Å²) in [4.78, 5) is 9.34. The molecule has 3 aromatic heterocycles. The molecule has 7 nitrogen and oxygen atoms in total. The smallest absolute Gasteiger partial charge is 0.137 e. The summed E-state index contributed by atoms with van der Waals surface area (Å²) in [7, 11) is 0. The standard InChI is InChI=1S/C23H31N5O2/c1-22(2)8-9-24-12-19(22)27-20-7-5-6-17(26-20)18-11-25-21-10-15(14-29)16(13-28(18)21)23(3,4)30/h5-7,10-11,13,19,24,29-30H,8-9,12,14H2,1-4H3,(H,26,27). The highest BCUT2D eigenvalue weighted by molar-refractivity contribution is 5.63. The van der Waals surface area contributed by atoms with Crippen LogP contribution < -0.4 is 10.6 Å². The van der Waals surface area contributed by atoms with Crippen LogP contribution in [0.5, 0.6) is 0 Å². The number of pyridine rings is 2. The molecule has 4 rings (SSSR count). The highest BCUT2D eigenvalue weighted by Gasteiger charge is 2.32. The average Bonchev–Trinajstić information content (AvgIpc) is 3.11. The summed E-state index contributed by atoms with van der Waals surface area (Å²) < 4.78 is 1.92. The lowest BCUT2D eigenvalue weighted by Crippen LogP contribution is -2.50. The molecule has 0 bridgehead atoms. The molecule has 0 aliphatic carbocycles. The first-order valence-corrected chi connectivity index (χ1v) is 10.5. The lowest BCUT2D eigenvalue weighted by molar-refractivity contribution is 0.0755. The van der Waals surface area contributed by atoms with Gasteiger partial charge in [0, 0.05) is 24.3 Å². The van der Waals surface area contributed by atoms with Crippen LogP contribution in [0.15, 0.2) is 36.7 Å². The molecule has 1 unspecified atom stereocenters. The van der Waals surface area contributed by atoms with Gasteiger partial charge in [-0.3, -0.25) is 4.40 Å². The van der Waals surface area contributed by atoms with E-state index in [1.54, 1.807) is 20.0 Å². The van der Waals surface area contributed by atoms with E-state index in [0.717, 1.165) is 36.7 Å². The van der Waals surface area contributed by atoms with Crippen molar-refractivity contribution in [2.75, 3.05) is 18.4 Å². The Morgan fingerprint density at radius 2 is 2.13 bits per heavy atom. The zero-order valence-electron chi connectivity index (χ0n) is 18.1. The Bertz CT molecular complexity index is 1050. The Morgan fingerprint density at radius 3 is 2.83 bits per heavy atom. The number of rotatable bonds is 5. The largest absolute Gasteiger partial charge is 0.392 e. The molecule has 3 aromatic rings. The van der Waals surface area contributed by atoms with Crippen molar-refractivity contribution in [2.24, 2.45) is 5.41 Å². The van der Waals surface area contributed by atoms with Crippen LogP contribution in [0.4, 0.5) is 5.82 Å². The van der Waals surface area contributed by atoms with Crippen LogP contribution in [0.1, 0.15) is 45.2 Å². The van der Waals surface area contributed by atoms with E-state index in [2.05, 4.69) is 29.5 Å². The molecule has 1 aliphatic rings. The van der Waals surface area contributed by atoms with E-state index < -0.39 is 5.60 Å². The van der Waals surface area contributed by atoms with Crippen LogP contribution in [0, 0.1) is 5.41 Å². The first-order chi connectivity index (χ1) is 14.2. The SMILES string of the molecule is CC(C)(O)c1cn2c(-c3cccc(NC4CNCCC4(C)C)n3)cnc2cc1CO. The minimum absolute atomic E-state index is 0.152. The number of anilines is 1. The third kappa shape index (κ3) is 3.93. The molecule has 1 saturated heterocycles. The first-order valence-electron chi connectivity index (χ1n) is 10.5. The van der Waals surface area contributed by atoms with Gasteiger partial charge in [0.15, 0.2) is 0 Å². The molecular formula is C23H31N5O2. The Hall–Kier alpha value is -2.48. The summed E-state index contributed by atoms with van der Waals surface area (Å²) in [6.45, 7) is 9.81. The van der Waals surface area contributed by atoms with Gasteiger partial charge in [-0.25, -0.2) is 9.97 Å². The molecule has 7 heteroatoms. The van der Waals surface area contributed by atoms with Crippen LogP contribution in [0.3, 0.4) is 0 Å². The van der Waals surface area contributed by atoms with E-state index in [0.29, 0.717) is 22.8 Å². The van der Waals surface area contributed by atoms with Gasteiger partial charge in [-0.05, 0) is 56.0 Å². The normalized spacial score (nSPS) is 19.2. The van der Waals surface area contributed by atoms with Gasteiger partial charge >= 0.3 is 0 Å². The molecule has 4 heterocycles. The minimum atomic E-state index is -1.08. The third-order valence-electron chi connectivity index (χ3n) is 6.13. The molecule has 4 N–H and O–H groups in total. The van der Waals surface area contributed by atoms with Gasteiger partial charge in [-0.2, -0.15) is 0 Å². The zero-order chi connectivity index (χ0) is 21.5. The summed E-state index contributed by atoms with van der Waals surface area (Å²) in [5, 5.41) is 27.3. The van der Waals surface area contributed by atoms with Crippen LogP contribution in [0.25, 0.3) is 17.0 Å². The Labute approximate surface area is 177 Å². The fraction of sp³-hybridized carbons (Fsp3) is 0.478. The lowest BCUT2D eigenvalue weighted by atomic mass is 9.79. The van der Waals surface area contributed by atoms with Crippen molar-refractivity contribution in [3.63, 3.8) is 0 Å². The first kappa shape index (κ1) is 20.8.